The third kappa shape index (κ3) is 4.46. The smallest absolute Gasteiger partial charge is 0.307 e. The summed E-state index contributed by atoms with van der Waals surface area (Å²) in [5.74, 6) is 0. The fourth-order valence-corrected chi connectivity index (χ4v) is 4.24. The molecule has 2 N–H and O–H groups in total. The fourth-order valence-electron chi connectivity index (χ4n) is 1.75. The van der Waals surface area contributed by atoms with Gasteiger partial charge in [0.1, 0.15) is 4.21 Å². The zero-order valence-electron chi connectivity index (χ0n) is 11.8. The Kier molecular flexibility index (Phi) is 5.44. The van der Waals surface area contributed by atoms with E-state index in [-0.39, 0.29) is 4.21 Å². The van der Waals surface area contributed by atoms with E-state index in [1.807, 2.05) is 11.6 Å². The molecule has 0 aliphatic carbocycles. The van der Waals surface area contributed by atoms with Crippen molar-refractivity contribution < 1.29 is 13.2 Å². The summed E-state index contributed by atoms with van der Waals surface area (Å²) < 4.78 is 26.4. The first-order valence-corrected chi connectivity index (χ1v) is 9.26. The van der Waals surface area contributed by atoms with E-state index in [0.29, 0.717) is 10.7 Å². The van der Waals surface area contributed by atoms with Crippen LogP contribution in [0.3, 0.4) is 0 Å². The number of carbonyl (C=O) groups is 1. The number of hydrogen-bond donors (Lipinski definition) is 2. The van der Waals surface area contributed by atoms with Gasteiger partial charge in [-0.25, -0.2) is 17.9 Å². The molecule has 118 valence electrons. The van der Waals surface area contributed by atoms with Gasteiger partial charge in [0.15, 0.2) is 0 Å². The quantitative estimate of drug-likeness (QED) is 0.852. The summed E-state index contributed by atoms with van der Waals surface area (Å²) in [5.41, 5.74) is 0.454. The molecule has 2 aromatic rings. The molecular weight excluding hydrogens is 344 g/mol. The van der Waals surface area contributed by atoms with Gasteiger partial charge in [0.05, 0.1) is 0 Å². The van der Waals surface area contributed by atoms with Gasteiger partial charge >= 0.3 is 6.03 Å². The summed E-state index contributed by atoms with van der Waals surface area (Å²) in [6.07, 6.45) is 1.75. The Morgan fingerprint density at radius 2 is 1.86 bits per heavy atom. The Morgan fingerprint density at radius 1 is 1.18 bits per heavy atom. The van der Waals surface area contributed by atoms with Gasteiger partial charge in [-0.15, -0.1) is 11.3 Å². The van der Waals surface area contributed by atoms with Crippen LogP contribution < -0.4 is 10.0 Å². The predicted octanol–water partition coefficient (Wildman–Crippen LogP) is 3.86. The van der Waals surface area contributed by atoms with Crippen LogP contribution in [-0.2, 0) is 16.4 Å². The van der Waals surface area contributed by atoms with Crippen LogP contribution in [-0.4, -0.2) is 14.4 Å². The van der Waals surface area contributed by atoms with Gasteiger partial charge in [0.2, 0.25) is 0 Å². The molecule has 0 spiro atoms. The molecule has 0 unspecified atom stereocenters. The lowest BCUT2D eigenvalue weighted by Gasteiger charge is -2.07. The van der Waals surface area contributed by atoms with Crippen molar-refractivity contribution in [1.82, 2.24) is 4.72 Å². The molecule has 2 rings (SSSR count). The van der Waals surface area contributed by atoms with Crippen LogP contribution in [0.5, 0.6) is 0 Å². The van der Waals surface area contributed by atoms with E-state index in [1.165, 1.54) is 17.4 Å². The number of carbonyl (C=O) groups excluding carboxylic acids is 1. The standard InChI is InChI=1S/C14H15ClN2O3S2/c1-2-3-12-8-9-13(21-12)22(19,20)17-14(18)16-11-6-4-10(15)5-7-11/h4-9H,2-3H2,1H3,(H2,16,17,18). The number of nitrogens with one attached hydrogen (secondary N) is 2. The number of urea groups is 1. The summed E-state index contributed by atoms with van der Waals surface area (Å²) in [6, 6.07) is 8.82. The van der Waals surface area contributed by atoms with Gasteiger partial charge < -0.3 is 5.32 Å². The molecule has 2 amide bonds. The molecule has 0 radical (unpaired) electrons. The lowest BCUT2D eigenvalue weighted by Crippen LogP contribution is -2.33. The Hall–Kier alpha value is -1.57. The zero-order chi connectivity index (χ0) is 16.2. The maximum atomic E-state index is 12.1. The molecule has 0 aliphatic heterocycles. The first kappa shape index (κ1) is 16.8. The lowest BCUT2D eigenvalue weighted by atomic mass is 10.3. The normalized spacial score (nSPS) is 11.2. The number of benzene rings is 1. The van der Waals surface area contributed by atoms with Crippen LogP contribution in [0.1, 0.15) is 18.2 Å². The highest BCUT2D eigenvalue weighted by molar-refractivity contribution is 7.92. The zero-order valence-corrected chi connectivity index (χ0v) is 14.2. The summed E-state index contributed by atoms with van der Waals surface area (Å²) in [6.45, 7) is 2.02. The average molecular weight is 359 g/mol. The number of halogens is 1. The molecule has 0 fully saturated rings. The maximum Gasteiger partial charge on any atom is 0.333 e. The fraction of sp³-hybridized carbons (Fsp3) is 0.214. The third-order valence-electron chi connectivity index (χ3n) is 2.73. The van der Waals surface area contributed by atoms with Crippen molar-refractivity contribution in [3.8, 4) is 0 Å². The molecule has 1 heterocycles. The molecule has 22 heavy (non-hydrogen) atoms. The predicted molar refractivity (Wildman–Crippen MR) is 89.1 cm³/mol. The van der Waals surface area contributed by atoms with Crippen molar-refractivity contribution >= 4 is 44.7 Å². The van der Waals surface area contributed by atoms with Crippen molar-refractivity contribution in [2.45, 2.75) is 24.0 Å². The van der Waals surface area contributed by atoms with E-state index in [2.05, 4.69) is 5.32 Å². The number of sulfonamides is 1. The van der Waals surface area contributed by atoms with Crippen molar-refractivity contribution in [1.29, 1.82) is 0 Å². The average Bonchev–Trinajstić information content (AvgIpc) is 2.91. The minimum atomic E-state index is -3.85. The van der Waals surface area contributed by atoms with Gasteiger partial charge in [-0.05, 0) is 42.8 Å². The van der Waals surface area contributed by atoms with Crippen molar-refractivity contribution in [2.24, 2.45) is 0 Å². The molecule has 1 aromatic carbocycles. The number of anilines is 1. The second kappa shape index (κ2) is 7.13. The molecule has 0 aliphatic rings. The molecule has 0 saturated heterocycles. The van der Waals surface area contributed by atoms with E-state index in [9.17, 15) is 13.2 Å². The molecule has 0 atom stereocenters. The Labute approximate surface area is 138 Å². The maximum absolute atomic E-state index is 12.1. The van der Waals surface area contributed by atoms with Crippen molar-refractivity contribution in [2.75, 3.05) is 5.32 Å². The van der Waals surface area contributed by atoms with E-state index in [4.69, 9.17) is 11.6 Å². The highest BCUT2D eigenvalue weighted by atomic mass is 35.5. The highest BCUT2D eigenvalue weighted by Crippen LogP contribution is 2.22. The first-order valence-electron chi connectivity index (χ1n) is 6.59. The number of amides is 2. The van der Waals surface area contributed by atoms with Crippen molar-refractivity contribution in [3.05, 3.63) is 46.3 Å². The Bertz CT molecular complexity index is 755. The largest absolute Gasteiger partial charge is 0.333 e. The summed E-state index contributed by atoms with van der Waals surface area (Å²) in [7, 11) is -3.85. The molecule has 5 nitrogen and oxygen atoms in total. The van der Waals surface area contributed by atoms with Crippen LogP contribution >= 0.6 is 22.9 Å². The van der Waals surface area contributed by atoms with E-state index in [0.717, 1.165) is 17.7 Å². The molecule has 0 saturated carbocycles. The van der Waals surface area contributed by atoms with Crippen LogP contribution in [0.25, 0.3) is 0 Å². The van der Waals surface area contributed by atoms with E-state index >= 15 is 0 Å². The van der Waals surface area contributed by atoms with Gasteiger partial charge in [0, 0.05) is 15.6 Å². The van der Waals surface area contributed by atoms with Crippen LogP contribution in [0.15, 0.2) is 40.6 Å². The molecular formula is C14H15ClN2O3S2. The molecule has 1 aromatic heterocycles. The number of hydrogen-bond acceptors (Lipinski definition) is 4. The van der Waals surface area contributed by atoms with E-state index < -0.39 is 16.1 Å². The number of aryl methyl sites for hydroxylation is 1. The summed E-state index contributed by atoms with van der Waals surface area (Å²) in [4.78, 5) is 12.8. The number of thiophene rings is 1. The minimum Gasteiger partial charge on any atom is -0.307 e. The second-order valence-corrected chi connectivity index (χ2v) is 8.05. The second-order valence-electron chi connectivity index (χ2n) is 4.54. The summed E-state index contributed by atoms with van der Waals surface area (Å²) in [5, 5.41) is 2.97. The molecule has 8 heteroatoms. The topological polar surface area (TPSA) is 75.3 Å². The van der Waals surface area contributed by atoms with Gasteiger partial charge in [0.25, 0.3) is 10.0 Å². The SMILES string of the molecule is CCCc1ccc(S(=O)(=O)NC(=O)Nc2ccc(Cl)cc2)s1. The van der Waals surface area contributed by atoms with Crippen LogP contribution in [0, 0.1) is 0 Å². The highest BCUT2D eigenvalue weighted by Gasteiger charge is 2.19. The minimum absolute atomic E-state index is 0.127. The van der Waals surface area contributed by atoms with Crippen LogP contribution in [0.2, 0.25) is 5.02 Å². The van der Waals surface area contributed by atoms with Gasteiger partial charge in [-0.3, -0.25) is 0 Å². The molecule has 0 bridgehead atoms. The lowest BCUT2D eigenvalue weighted by molar-refractivity contribution is 0.256. The van der Waals surface area contributed by atoms with Crippen LogP contribution in [0.4, 0.5) is 10.5 Å². The van der Waals surface area contributed by atoms with Gasteiger partial charge in [-0.2, -0.15) is 0 Å². The Morgan fingerprint density at radius 3 is 2.50 bits per heavy atom. The number of rotatable bonds is 5. The Balaban J connectivity index is 2.04. The van der Waals surface area contributed by atoms with E-state index in [1.54, 1.807) is 30.3 Å². The third-order valence-corrected chi connectivity index (χ3v) is 5.95. The monoisotopic (exact) mass is 358 g/mol. The summed E-state index contributed by atoms with van der Waals surface area (Å²) >= 11 is 6.91. The van der Waals surface area contributed by atoms with Gasteiger partial charge in [-0.1, -0.05) is 24.9 Å². The first-order chi connectivity index (χ1) is 10.4. The van der Waals surface area contributed by atoms with Crippen molar-refractivity contribution in [3.63, 3.8) is 0 Å².